The molecule has 0 nitrogen and oxygen atoms in total. The maximum atomic E-state index is 2.52. The van der Waals surface area contributed by atoms with Crippen molar-refractivity contribution in [3.05, 3.63) is 59.7 Å². The molecule has 0 aromatic heterocycles. The highest BCUT2D eigenvalue weighted by Crippen LogP contribution is 2.51. The zero-order valence-electron chi connectivity index (χ0n) is 15.6. The summed E-state index contributed by atoms with van der Waals surface area (Å²) in [6.45, 7) is 15.1. The summed E-state index contributed by atoms with van der Waals surface area (Å²) >= 11 is 0. The Kier molecular flexibility index (Phi) is 3.26. The molecule has 0 bridgehead atoms. The van der Waals surface area contributed by atoms with Crippen LogP contribution in [0.3, 0.4) is 0 Å². The van der Waals surface area contributed by atoms with E-state index in [-0.39, 0.29) is 0 Å². The molecular formula is C22H26Si2. The van der Waals surface area contributed by atoms with Crippen molar-refractivity contribution < 1.29 is 0 Å². The third-order valence-corrected chi connectivity index (χ3v) is 9.43. The topological polar surface area (TPSA) is 0 Å². The third-order valence-electron chi connectivity index (χ3n) is 5.16. The summed E-state index contributed by atoms with van der Waals surface area (Å²) in [5.74, 6) is 0. The maximum absolute atomic E-state index is 2.52. The summed E-state index contributed by atoms with van der Waals surface area (Å²) in [6, 6.07) is 18.3. The second-order valence-electron chi connectivity index (χ2n) is 9.13. The van der Waals surface area contributed by atoms with Gasteiger partial charge in [-0.3, -0.25) is 0 Å². The van der Waals surface area contributed by atoms with E-state index in [1.165, 1.54) is 27.1 Å². The van der Waals surface area contributed by atoms with Gasteiger partial charge < -0.3 is 0 Å². The molecule has 1 aliphatic carbocycles. The standard InChI is InChI=1S/C22H26Si2/c1-23(2,3)21-18-13-9-11-16-14-15-10-7-8-12-17(15)20(19(16)18)22(21)24(4,5)6/h7-14H,1-6H3. The average molecular weight is 347 g/mol. The molecule has 2 heteroatoms. The number of fused-ring (bicyclic) bond motifs is 2. The van der Waals surface area contributed by atoms with E-state index in [4.69, 9.17) is 0 Å². The van der Waals surface area contributed by atoms with E-state index < -0.39 is 16.1 Å². The van der Waals surface area contributed by atoms with Gasteiger partial charge in [0.2, 0.25) is 0 Å². The zero-order valence-corrected chi connectivity index (χ0v) is 17.6. The maximum Gasteiger partial charge on any atom is 0.0783 e. The van der Waals surface area contributed by atoms with Crippen molar-refractivity contribution in [2.45, 2.75) is 39.3 Å². The van der Waals surface area contributed by atoms with Crippen LogP contribution in [0.2, 0.25) is 39.3 Å². The van der Waals surface area contributed by atoms with Crippen LogP contribution in [0.4, 0.5) is 0 Å². The van der Waals surface area contributed by atoms with Gasteiger partial charge in [0, 0.05) is 0 Å². The molecule has 0 aliphatic heterocycles. The van der Waals surface area contributed by atoms with Crippen molar-refractivity contribution in [1.29, 1.82) is 0 Å². The van der Waals surface area contributed by atoms with E-state index in [9.17, 15) is 0 Å². The van der Waals surface area contributed by atoms with E-state index in [1.807, 2.05) is 0 Å². The van der Waals surface area contributed by atoms with Gasteiger partial charge in [-0.25, -0.2) is 0 Å². The second kappa shape index (κ2) is 4.93. The van der Waals surface area contributed by atoms with E-state index in [0.717, 1.165) is 0 Å². The lowest BCUT2D eigenvalue weighted by atomic mass is 9.97. The van der Waals surface area contributed by atoms with Gasteiger partial charge in [0.15, 0.2) is 0 Å². The van der Waals surface area contributed by atoms with Gasteiger partial charge in [-0.1, -0.05) is 92.1 Å². The molecule has 0 amide bonds. The molecule has 1 aliphatic rings. The lowest BCUT2D eigenvalue weighted by Crippen LogP contribution is -2.30. The number of rotatable bonds is 2. The Hall–Kier alpha value is -1.65. The summed E-state index contributed by atoms with van der Waals surface area (Å²) in [7, 11) is -2.92. The normalized spacial score (nSPS) is 14.9. The number of benzene rings is 3. The van der Waals surface area contributed by atoms with E-state index >= 15 is 0 Å². The van der Waals surface area contributed by atoms with Gasteiger partial charge in [-0.2, -0.15) is 0 Å². The Morgan fingerprint density at radius 2 is 1.25 bits per heavy atom. The van der Waals surface area contributed by atoms with Crippen LogP contribution in [-0.2, 0) is 0 Å². The molecule has 0 atom stereocenters. The van der Waals surface area contributed by atoms with E-state index in [1.54, 1.807) is 16.0 Å². The fourth-order valence-electron chi connectivity index (χ4n) is 4.38. The van der Waals surface area contributed by atoms with Gasteiger partial charge in [0.05, 0.1) is 16.1 Å². The van der Waals surface area contributed by atoms with Crippen LogP contribution in [0.15, 0.2) is 48.5 Å². The fourth-order valence-corrected chi connectivity index (χ4v) is 10.4. The predicted octanol–water partition coefficient (Wildman–Crippen LogP) is 6.97. The van der Waals surface area contributed by atoms with Crippen LogP contribution < -0.4 is 0 Å². The van der Waals surface area contributed by atoms with E-state index in [0.29, 0.717) is 0 Å². The summed E-state index contributed by atoms with van der Waals surface area (Å²) < 4.78 is 0. The molecule has 0 unspecified atom stereocenters. The molecule has 0 heterocycles. The highest BCUT2D eigenvalue weighted by atomic mass is 28.3. The fraction of sp³-hybridized carbons (Fsp3) is 0.273. The van der Waals surface area contributed by atoms with Crippen LogP contribution in [0, 0.1) is 0 Å². The molecule has 0 saturated heterocycles. The predicted molar refractivity (Wildman–Crippen MR) is 115 cm³/mol. The molecule has 0 N–H and O–H groups in total. The lowest BCUT2D eigenvalue weighted by molar-refractivity contribution is 1.71. The molecule has 0 saturated carbocycles. The highest BCUT2D eigenvalue weighted by molar-refractivity contribution is 7.05. The molecular weight excluding hydrogens is 320 g/mol. The first-order valence-corrected chi connectivity index (χ1v) is 15.9. The summed E-state index contributed by atoms with van der Waals surface area (Å²) in [6.07, 6.45) is 0. The first-order valence-electron chi connectivity index (χ1n) is 8.90. The zero-order chi connectivity index (χ0) is 17.3. The Labute approximate surface area is 147 Å². The molecule has 3 aromatic rings. The summed E-state index contributed by atoms with van der Waals surface area (Å²) in [5.41, 5.74) is 3.10. The van der Waals surface area contributed by atoms with Gasteiger partial charge >= 0.3 is 0 Å². The Bertz CT molecular complexity index is 1010. The molecule has 3 aromatic carbocycles. The van der Waals surface area contributed by atoms with Crippen LogP contribution in [0.1, 0.15) is 11.1 Å². The van der Waals surface area contributed by atoms with Gasteiger partial charge in [-0.15, -0.1) is 0 Å². The van der Waals surface area contributed by atoms with Crippen molar-refractivity contribution >= 4 is 48.1 Å². The highest BCUT2D eigenvalue weighted by Gasteiger charge is 2.38. The molecule has 0 spiro atoms. The average Bonchev–Trinajstić information content (AvgIpc) is 2.85. The molecule has 0 fully saturated rings. The minimum atomic E-state index is -1.47. The molecule has 122 valence electrons. The first kappa shape index (κ1) is 15.9. The van der Waals surface area contributed by atoms with Crippen molar-refractivity contribution in [1.82, 2.24) is 0 Å². The SMILES string of the molecule is C[Si](C)(C)C1=C([Si](C)(C)C)c2c3ccccc3cc3cccc1c23. The molecule has 24 heavy (non-hydrogen) atoms. The lowest BCUT2D eigenvalue weighted by Gasteiger charge is -2.28. The number of hydrogen-bond donors (Lipinski definition) is 0. The van der Waals surface area contributed by atoms with Crippen LogP contribution in [0.5, 0.6) is 0 Å². The Balaban J connectivity index is 2.30. The second-order valence-corrected chi connectivity index (χ2v) is 19.1. The smallest absolute Gasteiger partial charge is 0.0656 e. The molecule has 0 radical (unpaired) electrons. The van der Waals surface area contributed by atoms with Crippen molar-refractivity contribution in [2.24, 2.45) is 0 Å². The number of hydrogen-bond acceptors (Lipinski definition) is 0. The Morgan fingerprint density at radius 3 is 1.92 bits per heavy atom. The van der Waals surface area contributed by atoms with Gasteiger partial charge in [0.1, 0.15) is 0 Å². The minimum absolute atomic E-state index is 1.38. The summed E-state index contributed by atoms with van der Waals surface area (Å²) in [4.78, 5) is 0. The largest absolute Gasteiger partial charge is 0.0783 e. The van der Waals surface area contributed by atoms with Crippen LogP contribution in [0.25, 0.3) is 31.9 Å². The van der Waals surface area contributed by atoms with E-state index in [2.05, 4.69) is 87.8 Å². The van der Waals surface area contributed by atoms with Crippen molar-refractivity contribution in [2.75, 3.05) is 0 Å². The van der Waals surface area contributed by atoms with Crippen molar-refractivity contribution in [3.63, 3.8) is 0 Å². The minimum Gasteiger partial charge on any atom is -0.0656 e. The third kappa shape index (κ3) is 2.16. The molecule has 4 rings (SSSR count). The Morgan fingerprint density at radius 1 is 0.625 bits per heavy atom. The van der Waals surface area contributed by atoms with Crippen LogP contribution in [-0.4, -0.2) is 16.1 Å². The first-order chi connectivity index (χ1) is 11.2. The van der Waals surface area contributed by atoms with Crippen molar-refractivity contribution in [3.8, 4) is 0 Å². The quantitative estimate of drug-likeness (QED) is 0.347. The monoisotopic (exact) mass is 346 g/mol. The van der Waals surface area contributed by atoms with Crippen LogP contribution >= 0.6 is 0 Å². The van der Waals surface area contributed by atoms with Gasteiger partial charge in [0.25, 0.3) is 0 Å². The van der Waals surface area contributed by atoms with Gasteiger partial charge in [-0.05, 0) is 38.7 Å². The summed E-state index contributed by atoms with van der Waals surface area (Å²) in [5, 5.41) is 9.20.